The van der Waals surface area contributed by atoms with Crippen molar-refractivity contribution in [1.29, 1.82) is 0 Å². The van der Waals surface area contributed by atoms with Crippen LogP contribution in [-0.2, 0) is 21.9 Å². The molecule has 0 spiro atoms. The number of rotatable bonds is 8. The van der Waals surface area contributed by atoms with Gasteiger partial charge in [0, 0.05) is 10.9 Å². The molecule has 0 saturated carbocycles. The van der Waals surface area contributed by atoms with Crippen molar-refractivity contribution in [2.45, 2.75) is 31.0 Å². The number of carbonyl (C=O) groups excluding carboxylic acids is 2. The zero-order chi connectivity index (χ0) is 31.5. The van der Waals surface area contributed by atoms with Crippen molar-refractivity contribution in [1.82, 2.24) is 26.1 Å². The quantitative estimate of drug-likeness (QED) is 0.211. The Morgan fingerprint density at radius 2 is 1.70 bits per heavy atom. The van der Waals surface area contributed by atoms with Gasteiger partial charge in [-0.2, -0.15) is 31.4 Å². The number of aliphatic carboxylic acids is 1. The number of alkyl halides is 7. The van der Waals surface area contributed by atoms with Gasteiger partial charge in [-0.15, -0.1) is 0 Å². The van der Waals surface area contributed by atoms with Gasteiger partial charge in [-0.05, 0) is 35.9 Å². The van der Waals surface area contributed by atoms with E-state index in [2.05, 4.69) is 36.5 Å². The summed E-state index contributed by atoms with van der Waals surface area (Å²) >= 11 is 0. The molecule has 230 valence electrons. The van der Waals surface area contributed by atoms with Gasteiger partial charge >= 0.3 is 18.3 Å². The van der Waals surface area contributed by atoms with Gasteiger partial charge < -0.3 is 26.4 Å². The lowest BCUT2D eigenvalue weighted by atomic mass is 9.97. The summed E-state index contributed by atoms with van der Waals surface area (Å²) in [6.07, 6.45) is -11.2. The summed E-state index contributed by atoms with van der Waals surface area (Å²) < 4.78 is 93.1. The summed E-state index contributed by atoms with van der Waals surface area (Å²) in [6.45, 7) is -0.882. The van der Waals surface area contributed by atoms with Crippen LogP contribution in [0.15, 0.2) is 41.5 Å². The van der Waals surface area contributed by atoms with Crippen molar-refractivity contribution in [2.24, 2.45) is 4.99 Å². The van der Waals surface area contributed by atoms with Gasteiger partial charge in [0.05, 0.1) is 60.6 Å². The number of carboxylic acid groups (broad SMARTS) is 1. The monoisotopic (exact) mass is 617 g/mol. The standard InChI is InChI=1S/C25H22F7N7O4/c26-15-7-34-23(35-8-15)38-18-3-12(4-19-16(18)9-36-39-19)22(43)33-10-20(40)37-17(6-21(41)42)11-1-13(24(27,28)29)5-14(2-11)25(30,31)32/h1-5,9,15,17H,6-8,10H2,(H,33,43)(H,36,39)(H,37,40)(H,41,42)(H2,34,35,38)/t17-/m0/s1. The number of amides is 2. The molecule has 6 N–H and O–H groups in total. The maximum Gasteiger partial charge on any atom is 0.416 e. The molecule has 0 saturated heterocycles. The maximum atomic E-state index is 13.4. The number of benzene rings is 2. The number of H-pyrrole nitrogens is 1. The Kier molecular flexibility index (Phi) is 8.77. The molecule has 0 radical (unpaired) electrons. The summed E-state index contributed by atoms with van der Waals surface area (Å²) in [7, 11) is 0. The van der Waals surface area contributed by atoms with Crippen LogP contribution in [0, 0.1) is 0 Å². The second-order valence-corrected chi connectivity index (χ2v) is 9.39. The molecule has 0 fully saturated rings. The van der Waals surface area contributed by atoms with Crippen LogP contribution in [0.2, 0.25) is 0 Å². The van der Waals surface area contributed by atoms with Crippen molar-refractivity contribution in [3.63, 3.8) is 0 Å². The van der Waals surface area contributed by atoms with Crippen LogP contribution in [0.3, 0.4) is 0 Å². The van der Waals surface area contributed by atoms with Crippen molar-refractivity contribution in [2.75, 3.05) is 25.0 Å². The molecule has 1 aliphatic heterocycles. The van der Waals surface area contributed by atoms with Crippen LogP contribution >= 0.6 is 0 Å². The first-order chi connectivity index (χ1) is 20.1. The molecular weight excluding hydrogens is 595 g/mol. The van der Waals surface area contributed by atoms with Gasteiger partial charge in [-0.25, -0.2) is 9.38 Å². The van der Waals surface area contributed by atoms with Gasteiger partial charge in [-0.1, -0.05) is 0 Å². The van der Waals surface area contributed by atoms with E-state index in [1.165, 1.54) is 18.3 Å². The number of nitrogens with one attached hydrogen (secondary N) is 5. The zero-order valence-electron chi connectivity index (χ0n) is 21.7. The molecule has 43 heavy (non-hydrogen) atoms. The van der Waals surface area contributed by atoms with Gasteiger partial charge in [0.2, 0.25) is 5.91 Å². The highest BCUT2D eigenvalue weighted by Crippen LogP contribution is 2.38. The summed E-state index contributed by atoms with van der Waals surface area (Å²) in [4.78, 5) is 40.8. The molecule has 18 heteroatoms. The van der Waals surface area contributed by atoms with Crippen molar-refractivity contribution in [3.8, 4) is 0 Å². The lowest BCUT2D eigenvalue weighted by Crippen LogP contribution is -2.41. The van der Waals surface area contributed by atoms with Crippen LogP contribution in [0.5, 0.6) is 0 Å². The first-order valence-corrected chi connectivity index (χ1v) is 12.4. The number of carboxylic acids is 1. The number of aromatic amines is 1. The zero-order valence-corrected chi connectivity index (χ0v) is 21.7. The third kappa shape index (κ3) is 7.89. The lowest BCUT2D eigenvalue weighted by Gasteiger charge is -2.21. The average Bonchev–Trinajstić information content (AvgIpc) is 3.40. The van der Waals surface area contributed by atoms with Crippen molar-refractivity contribution < 1.29 is 50.2 Å². The largest absolute Gasteiger partial charge is 0.481 e. The smallest absolute Gasteiger partial charge is 0.416 e. The van der Waals surface area contributed by atoms with E-state index in [4.69, 9.17) is 0 Å². The first kappa shape index (κ1) is 31.0. The number of carbonyl (C=O) groups is 3. The third-order valence-corrected chi connectivity index (χ3v) is 6.15. The second-order valence-electron chi connectivity index (χ2n) is 9.39. The first-order valence-electron chi connectivity index (χ1n) is 12.4. The normalized spacial score (nSPS) is 16.2. The number of aliphatic imine (C=N–C) groups is 1. The molecule has 1 aliphatic rings. The number of guanidine groups is 1. The minimum Gasteiger partial charge on any atom is -0.481 e. The van der Waals surface area contributed by atoms with Crippen LogP contribution in [0.25, 0.3) is 10.9 Å². The molecule has 2 atom stereocenters. The molecule has 0 aliphatic carbocycles. The van der Waals surface area contributed by atoms with Crippen LogP contribution in [0.4, 0.5) is 36.4 Å². The highest BCUT2D eigenvalue weighted by molar-refractivity contribution is 6.07. The number of hydrogen-bond acceptors (Lipinski definition) is 7. The molecule has 0 bridgehead atoms. The highest BCUT2D eigenvalue weighted by Gasteiger charge is 2.38. The second kappa shape index (κ2) is 12.1. The highest BCUT2D eigenvalue weighted by atomic mass is 19.4. The number of nitrogens with zero attached hydrogens (tertiary/aromatic N) is 2. The number of hydrogen-bond donors (Lipinski definition) is 6. The average molecular weight is 617 g/mol. The molecule has 1 unspecified atom stereocenters. The van der Waals surface area contributed by atoms with E-state index in [1.807, 2.05) is 0 Å². The predicted molar refractivity (Wildman–Crippen MR) is 137 cm³/mol. The molecule has 3 aromatic rings. The fourth-order valence-electron chi connectivity index (χ4n) is 4.13. The summed E-state index contributed by atoms with van der Waals surface area (Å²) in [5, 5.41) is 26.3. The molecule has 2 heterocycles. The van der Waals surface area contributed by atoms with Gasteiger partial charge in [-0.3, -0.25) is 19.5 Å². The van der Waals surface area contributed by atoms with E-state index in [9.17, 15) is 50.2 Å². The van der Waals surface area contributed by atoms with Crippen LogP contribution in [0.1, 0.15) is 39.5 Å². The predicted octanol–water partition coefficient (Wildman–Crippen LogP) is 3.37. The SMILES string of the molecule is O=C(O)C[C@H](NC(=O)CNC(=O)c1cc(NC2=NCC(F)CN2)c2cn[nH]c2c1)c1cc(C(F)(F)F)cc(C(F)(F)F)c1. The minimum absolute atomic E-state index is 0.00149. The fraction of sp³-hybridized carbons (Fsp3) is 0.320. The summed E-state index contributed by atoms with van der Waals surface area (Å²) in [5.74, 6) is -3.29. The Balaban J connectivity index is 1.50. The number of aromatic nitrogens is 2. The molecule has 2 aromatic carbocycles. The van der Waals surface area contributed by atoms with Gasteiger partial charge in [0.25, 0.3) is 5.91 Å². The Labute approximate surface area is 236 Å². The molecule has 11 nitrogen and oxygen atoms in total. The Bertz CT molecular complexity index is 1540. The van der Waals surface area contributed by atoms with E-state index in [0.29, 0.717) is 28.7 Å². The minimum atomic E-state index is -5.19. The fourth-order valence-corrected chi connectivity index (χ4v) is 4.13. The number of halogens is 7. The van der Waals surface area contributed by atoms with E-state index < -0.39 is 72.0 Å². The lowest BCUT2D eigenvalue weighted by molar-refractivity contribution is -0.143. The van der Waals surface area contributed by atoms with Gasteiger partial charge in [0.1, 0.15) is 6.17 Å². The molecule has 2 amide bonds. The van der Waals surface area contributed by atoms with Gasteiger partial charge in [0.15, 0.2) is 5.96 Å². The maximum absolute atomic E-state index is 13.4. The number of anilines is 1. The summed E-state index contributed by atoms with van der Waals surface area (Å²) in [6, 6.07) is 1.48. The van der Waals surface area contributed by atoms with Crippen molar-refractivity contribution in [3.05, 3.63) is 58.8 Å². The number of fused-ring (bicyclic) bond motifs is 1. The topological polar surface area (TPSA) is 161 Å². The van der Waals surface area contributed by atoms with E-state index in [-0.39, 0.29) is 30.7 Å². The van der Waals surface area contributed by atoms with E-state index >= 15 is 0 Å². The third-order valence-electron chi connectivity index (χ3n) is 6.15. The Morgan fingerprint density at radius 3 is 2.28 bits per heavy atom. The molecule has 4 rings (SSSR count). The van der Waals surface area contributed by atoms with Crippen LogP contribution in [-0.4, -0.2) is 64.9 Å². The van der Waals surface area contributed by atoms with Crippen molar-refractivity contribution >= 4 is 40.3 Å². The Hall–Kier alpha value is -4.90. The van der Waals surface area contributed by atoms with E-state index in [1.54, 1.807) is 0 Å². The molecule has 1 aromatic heterocycles. The summed E-state index contributed by atoms with van der Waals surface area (Å²) in [5.41, 5.74) is -3.38. The molecular formula is C25H22F7N7O4. The Morgan fingerprint density at radius 1 is 1.02 bits per heavy atom. The van der Waals surface area contributed by atoms with Crippen LogP contribution < -0.4 is 21.3 Å². The van der Waals surface area contributed by atoms with E-state index in [0.717, 1.165) is 0 Å².